The largest absolute Gasteiger partial charge is 0.490 e. The van der Waals surface area contributed by atoms with E-state index in [9.17, 15) is 14.7 Å². The van der Waals surface area contributed by atoms with Gasteiger partial charge in [-0.1, -0.05) is 36.6 Å². The van der Waals surface area contributed by atoms with Crippen LogP contribution in [0.15, 0.2) is 24.3 Å². The fraction of sp³-hybridized carbons (Fsp3) is 0.579. The van der Waals surface area contributed by atoms with E-state index >= 15 is 0 Å². The average molecular weight is 381 g/mol. The summed E-state index contributed by atoms with van der Waals surface area (Å²) < 4.78 is 5.62. The van der Waals surface area contributed by atoms with E-state index in [0.717, 1.165) is 25.7 Å². The maximum atomic E-state index is 12.5. The first-order chi connectivity index (χ1) is 12.5. The van der Waals surface area contributed by atoms with Crippen LogP contribution in [0.5, 0.6) is 5.75 Å². The number of aliphatic hydroxyl groups excluding tert-OH is 1. The number of hydrogen-bond acceptors (Lipinski definition) is 4. The van der Waals surface area contributed by atoms with Gasteiger partial charge in [0.2, 0.25) is 11.8 Å². The minimum Gasteiger partial charge on any atom is -0.490 e. The van der Waals surface area contributed by atoms with Crippen molar-refractivity contribution in [1.29, 1.82) is 0 Å². The lowest BCUT2D eigenvalue weighted by molar-refractivity contribution is -0.130. The van der Waals surface area contributed by atoms with E-state index in [0.29, 0.717) is 30.5 Å². The number of hydrogen-bond donors (Lipinski definition) is 2. The molecule has 2 aliphatic rings. The van der Waals surface area contributed by atoms with E-state index in [-0.39, 0.29) is 30.8 Å². The zero-order valence-electron chi connectivity index (χ0n) is 14.7. The summed E-state index contributed by atoms with van der Waals surface area (Å²) >= 11 is 6.04. The Bertz CT molecular complexity index is 661. The Kier molecular flexibility index (Phi) is 6.04. The summed E-state index contributed by atoms with van der Waals surface area (Å²) in [5, 5.41) is 13.2. The Hall–Kier alpha value is -1.79. The van der Waals surface area contributed by atoms with Crippen LogP contribution in [0, 0.1) is 5.92 Å². The van der Waals surface area contributed by atoms with Crippen LogP contribution in [0.3, 0.4) is 0 Å². The number of nitrogens with one attached hydrogen (secondary N) is 1. The van der Waals surface area contributed by atoms with Crippen LogP contribution in [-0.4, -0.2) is 53.7 Å². The lowest BCUT2D eigenvalue weighted by atomic mass is 9.97. The second kappa shape index (κ2) is 8.27. The molecule has 2 N–H and O–H groups in total. The van der Waals surface area contributed by atoms with Crippen molar-refractivity contribution in [2.45, 2.75) is 37.6 Å². The molecule has 1 aliphatic carbocycles. The Morgan fingerprint density at radius 1 is 1.35 bits per heavy atom. The first-order valence-electron chi connectivity index (χ1n) is 9.11. The predicted octanol–water partition coefficient (Wildman–Crippen LogP) is 1.99. The van der Waals surface area contributed by atoms with E-state index in [1.807, 2.05) is 12.1 Å². The molecule has 1 unspecified atom stereocenters. The van der Waals surface area contributed by atoms with Gasteiger partial charge in [0.05, 0.1) is 29.6 Å². The monoisotopic (exact) mass is 380 g/mol. The van der Waals surface area contributed by atoms with Crippen molar-refractivity contribution in [3.63, 3.8) is 0 Å². The minimum atomic E-state index is -0.499. The third-order valence-electron chi connectivity index (χ3n) is 5.29. The van der Waals surface area contributed by atoms with E-state index < -0.39 is 5.54 Å². The number of carbonyl (C=O) groups excluding carboxylic acids is 2. The second-order valence-electron chi connectivity index (χ2n) is 7.15. The highest BCUT2D eigenvalue weighted by atomic mass is 35.5. The summed E-state index contributed by atoms with van der Waals surface area (Å²) in [7, 11) is 0. The van der Waals surface area contributed by atoms with Gasteiger partial charge in [0.15, 0.2) is 0 Å². The third-order valence-corrected chi connectivity index (χ3v) is 5.60. The number of para-hydroxylation sites is 1. The molecule has 1 aliphatic heterocycles. The molecule has 0 radical (unpaired) electrons. The van der Waals surface area contributed by atoms with Crippen molar-refractivity contribution in [3.8, 4) is 5.75 Å². The Balaban J connectivity index is 1.48. The molecule has 1 aromatic rings. The molecule has 1 saturated carbocycles. The van der Waals surface area contributed by atoms with Crippen LogP contribution in [0.25, 0.3) is 0 Å². The van der Waals surface area contributed by atoms with E-state index in [4.69, 9.17) is 16.3 Å². The fourth-order valence-electron chi connectivity index (χ4n) is 3.73. The molecule has 142 valence electrons. The van der Waals surface area contributed by atoms with E-state index in [1.54, 1.807) is 17.0 Å². The van der Waals surface area contributed by atoms with Gasteiger partial charge in [-0.3, -0.25) is 9.59 Å². The van der Waals surface area contributed by atoms with E-state index in [2.05, 4.69) is 5.32 Å². The predicted molar refractivity (Wildman–Crippen MR) is 98.1 cm³/mol. The zero-order chi connectivity index (χ0) is 18.6. The molecule has 2 fully saturated rings. The smallest absolute Gasteiger partial charge is 0.225 e. The van der Waals surface area contributed by atoms with Crippen molar-refractivity contribution in [3.05, 3.63) is 29.3 Å². The first-order valence-corrected chi connectivity index (χ1v) is 9.49. The molecule has 7 heteroatoms. The highest BCUT2D eigenvalue weighted by Gasteiger charge is 2.40. The van der Waals surface area contributed by atoms with Gasteiger partial charge >= 0.3 is 0 Å². The van der Waals surface area contributed by atoms with Gasteiger partial charge in [-0.05, 0) is 25.0 Å². The summed E-state index contributed by atoms with van der Waals surface area (Å²) in [6.45, 7) is 1.08. The number of rotatable bonds is 7. The molecular weight excluding hydrogens is 356 g/mol. The number of nitrogens with zero attached hydrogens (tertiary/aromatic N) is 1. The summed E-state index contributed by atoms with van der Waals surface area (Å²) in [5.41, 5.74) is -0.499. The van der Waals surface area contributed by atoms with Gasteiger partial charge in [0.25, 0.3) is 0 Å². The summed E-state index contributed by atoms with van der Waals surface area (Å²) in [6.07, 6.45) is 3.82. The Morgan fingerprint density at radius 2 is 2.08 bits per heavy atom. The minimum absolute atomic E-state index is 0.0441. The molecule has 3 rings (SSSR count). The van der Waals surface area contributed by atoms with Gasteiger partial charge in [-0.15, -0.1) is 0 Å². The van der Waals surface area contributed by atoms with Crippen molar-refractivity contribution in [1.82, 2.24) is 10.2 Å². The number of aliphatic hydroxyl groups is 1. The third kappa shape index (κ3) is 4.30. The van der Waals surface area contributed by atoms with Gasteiger partial charge in [-0.2, -0.15) is 0 Å². The first kappa shape index (κ1) is 19.0. The van der Waals surface area contributed by atoms with Gasteiger partial charge in [-0.25, -0.2) is 0 Å². The standard InChI is InChI=1S/C19H25ClN2O4/c20-15-5-1-2-6-16(15)26-10-9-22-12-14(11-17(22)24)18(25)21-19(13-23)7-3-4-8-19/h1-2,5-6,14,23H,3-4,7-13H2,(H,21,25). The number of likely N-dealkylation sites (tertiary alicyclic amines) is 1. The van der Waals surface area contributed by atoms with Crippen LogP contribution >= 0.6 is 11.6 Å². The number of carbonyl (C=O) groups is 2. The summed E-state index contributed by atoms with van der Waals surface area (Å²) in [4.78, 5) is 26.4. The van der Waals surface area contributed by atoms with Crippen molar-refractivity contribution < 1.29 is 19.4 Å². The normalized spacial score (nSPS) is 21.8. The molecule has 6 nitrogen and oxygen atoms in total. The maximum Gasteiger partial charge on any atom is 0.225 e. The molecule has 1 aromatic carbocycles. The molecular formula is C19H25ClN2O4. The lowest BCUT2D eigenvalue weighted by Crippen LogP contribution is -2.51. The number of halogens is 1. The zero-order valence-corrected chi connectivity index (χ0v) is 15.5. The molecule has 1 heterocycles. The molecule has 26 heavy (non-hydrogen) atoms. The molecule has 0 aromatic heterocycles. The number of amides is 2. The van der Waals surface area contributed by atoms with Crippen molar-refractivity contribution >= 4 is 23.4 Å². The highest BCUT2D eigenvalue weighted by molar-refractivity contribution is 6.32. The van der Waals surface area contributed by atoms with Gasteiger partial charge in [0, 0.05) is 13.0 Å². The molecule has 2 amide bonds. The van der Waals surface area contributed by atoms with Crippen LogP contribution < -0.4 is 10.1 Å². The van der Waals surface area contributed by atoms with Gasteiger partial charge in [0.1, 0.15) is 12.4 Å². The number of ether oxygens (including phenoxy) is 1. The van der Waals surface area contributed by atoms with Crippen LogP contribution in [0.2, 0.25) is 5.02 Å². The van der Waals surface area contributed by atoms with Gasteiger partial charge < -0.3 is 20.1 Å². The van der Waals surface area contributed by atoms with Crippen LogP contribution in [0.1, 0.15) is 32.1 Å². The quantitative estimate of drug-likeness (QED) is 0.758. The molecule has 0 bridgehead atoms. The van der Waals surface area contributed by atoms with E-state index in [1.165, 1.54) is 0 Å². The average Bonchev–Trinajstić information content (AvgIpc) is 3.24. The maximum absolute atomic E-state index is 12.5. The Morgan fingerprint density at radius 3 is 2.77 bits per heavy atom. The van der Waals surface area contributed by atoms with Crippen LogP contribution in [0.4, 0.5) is 0 Å². The fourth-order valence-corrected chi connectivity index (χ4v) is 3.92. The van der Waals surface area contributed by atoms with Crippen LogP contribution in [-0.2, 0) is 9.59 Å². The topological polar surface area (TPSA) is 78.9 Å². The SMILES string of the molecule is O=C(NC1(CO)CCCC1)C1CC(=O)N(CCOc2ccccc2Cl)C1. The molecule has 1 saturated heterocycles. The highest BCUT2D eigenvalue weighted by Crippen LogP contribution is 2.30. The van der Waals surface area contributed by atoms with Crippen molar-refractivity contribution in [2.24, 2.45) is 5.92 Å². The molecule has 0 spiro atoms. The summed E-state index contributed by atoms with van der Waals surface area (Å²) in [6, 6.07) is 7.19. The number of benzene rings is 1. The second-order valence-corrected chi connectivity index (χ2v) is 7.56. The molecule has 1 atom stereocenters. The summed E-state index contributed by atoms with van der Waals surface area (Å²) in [5.74, 6) is 0.0364. The Labute approximate surface area is 158 Å². The lowest BCUT2D eigenvalue weighted by Gasteiger charge is -2.29. The van der Waals surface area contributed by atoms with Crippen molar-refractivity contribution in [2.75, 3.05) is 26.3 Å².